The molecule has 0 unspecified atom stereocenters. The maximum Gasteiger partial charge on any atom is 0.332 e. The number of fused-ring (bicyclic) bond motifs is 1. The number of hydrogen-bond donors (Lipinski definition) is 1. The van der Waals surface area contributed by atoms with E-state index >= 15 is 0 Å². The molecule has 1 aromatic carbocycles. The molecule has 10 heteroatoms. The fraction of sp³-hybridized carbons (Fsp3) is 0.381. The monoisotopic (exact) mass is 426 g/mol. The topological polar surface area (TPSA) is 113 Å². The molecule has 31 heavy (non-hydrogen) atoms. The highest BCUT2D eigenvalue weighted by molar-refractivity contribution is 5.82. The Kier molecular flexibility index (Phi) is 7.01. The molecule has 0 aliphatic carbocycles. The summed E-state index contributed by atoms with van der Waals surface area (Å²) in [5.74, 6) is -0.243. The lowest BCUT2D eigenvalue weighted by atomic mass is 10.2. The second-order valence-electron chi connectivity index (χ2n) is 7.08. The van der Waals surface area contributed by atoms with Crippen molar-refractivity contribution in [3.05, 3.63) is 56.7 Å². The molecule has 0 radical (unpaired) electrons. The van der Waals surface area contributed by atoms with Crippen LogP contribution in [0.2, 0.25) is 0 Å². The fourth-order valence-corrected chi connectivity index (χ4v) is 3.11. The van der Waals surface area contributed by atoms with Gasteiger partial charge in [-0.1, -0.05) is 37.3 Å². The lowest BCUT2D eigenvalue weighted by Crippen LogP contribution is -2.37. The molecule has 3 rings (SSSR count). The van der Waals surface area contributed by atoms with Gasteiger partial charge >= 0.3 is 5.69 Å². The molecule has 10 nitrogen and oxygen atoms in total. The zero-order chi connectivity index (χ0) is 22.4. The van der Waals surface area contributed by atoms with Gasteiger partial charge in [-0.3, -0.25) is 23.3 Å². The van der Waals surface area contributed by atoms with Crippen LogP contribution in [0.1, 0.15) is 31.7 Å². The second-order valence-corrected chi connectivity index (χ2v) is 7.08. The van der Waals surface area contributed by atoms with E-state index in [9.17, 15) is 14.4 Å². The molecule has 2 aromatic heterocycles. The third kappa shape index (κ3) is 4.90. The highest BCUT2D eigenvalue weighted by Gasteiger charge is 2.20. The normalized spacial score (nSPS) is 11.3. The van der Waals surface area contributed by atoms with E-state index in [-0.39, 0.29) is 29.5 Å². The molecule has 0 saturated carbocycles. The number of carbonyl (C=O) groups excluding carboxylic acids is 1. The van der Waals surface area contributed by atoms with Crippen molar-refractivity contribution in [2.45, 2.75) is 32.7 Å². The Labute approximate surface area is 178 Å². The summed E-state index contributed by atoms with van der Waals surface area (Å²) in [4.78, 5) is 41.4. The van der Waals surface area contributed by atoms with Gasteiger partial charge < -0.3 is 4.74 Å². The minimum absolute atomic E-state index is 0.200. The first kappa shape index (κ1) is 22.0. The molecule has 0 aliphatic rings. The quantitative estimate of drug-likeness (QED) is 0.407. The SMILES string of the molecule is CCCOc1nc2c(c(=O)n(C)c(=O)n2C)n1CCCC(=O)N/N=C/c1ccccc1. The summed E-state index contributed by atoms with van der Waals surface area (Å²) >= 11 is 0. The maximum absolute atomic E-state index is 12.7. The van der Waals surface area contributed by atoms with Crippen molar-refractivity contribution in [1.82, 2.24) is 24.1 Å². The molecule has 1 N–H and O–H groups in total. The number of aryl methyl sites for hydroxylation is 2. The summed E-state index contributed by atoms with van der Waals surface area (Å²) in [7, 11) is 2.98. The van der Waals surface area contributed by atoms with Crippen molar-refractivity contribution >= 4 is 23.3 Å². The van der Waals surface area contributed by atoms with Crippen molar-refractivity contribution in [3.8, 4) is 6.01 Å². The summed E-state index contributed by atoms with van der Waals surface area (Å²) in [6.45, 7) is 2.72. The lowest BCUT2D eigenvalue weighted by Gasteiger charge is -2.09. The van der Waals surface area contributed by atoms with E-state index in [0.29, 0.717) is 19.6 Å². The van der Waals surface area contributed by atoms with Crippen LogP contribution in [0.5, 0.6) is 6.01 Å². The molecular formula is C21H26N6O4. The summed E-state index contributed by atoms with van der Waals surface area (Å²) in [5.41, 5.74) is 3.01. The van der Waals surface area contributed by atoms with Gasteiger partial charge in [-0.15, -0.1) is 0 Å². The van der Waals surface area contributed by atoms with Crippen LogP contribution in [-0.4, -0.2) is 37.4 Å². The average Bonchev–Trinajstić information content (AvgIpc) is 3.14. The summed E-state index contributed by atoms with van der Waals surface area (Å²) in [5, 5.41) is 3.95. The maximum atomic E-state index is 12.7. The minimum Gasteiger partial charge on any atom is -0.465 e. The van der Waals surface area contributed by atoms with Crippen LogP contribution >= 0.6 is 0 Å². The van der Waals surface area contributed by atoms with Crippen LogP contribution in [0.3, 0.4) is 0 Å². The molecule has 0 bridgehead atoms. The molecular weight excluding hydrogens is 400 g/mol. The minimum atomic E-state index is -0.458. The van der Waals surface area contributed by atoms with Crippen LogP contribution in [0, 0.1) is 0 Å². The van der Waals surface area contributed by atoms with Gasteiger partial charge in [0.25, 0.3) is 11.6 Å². The third-order valence-corrected chi connectivity index (χ3v) is 4.74. The Morgan fingerprint density at radius 1 is 1.19 bits per heavy atom. The number of hydrogen-bond acceptors (Lipinski definition) is 6. The van der Waals surface area contributed by atoms with Gasteiger partial charge in [-0.2, -0.15) is 10.1 Å². The van der Waals surface area contributed by atoms with Crippen molar-refractivity contribution in [1.29, 1.82) is 0 Å². The van der Waals surface area contributed by atoms with E-state index in [0.717, 1.165) is 16.6 Å². The number of ether oxygens (including phenoxy) is 1. The molecule has 0 saturated heterocycles. The first-order valence-corrected chi connectivity index (χ1v) is 10.1. The predicted molar refractivity (Wildman–Crippen MR) is 117 cm³/mol. The number of nitrogens with zero attached hydrogens (tertiary/aromatic N) is 5. The van der Waals surface area contributed by atoms with Crippen LogP contribution in [0.15, 0.2) is 45.0 Å². The van der Waals surface area contributed by atoms with Crippen LogP contribution in [0.4, 0.5) is 0 Å². The number of hydrazone groups is 1. The Bertz CT molecular complexity index is 1210. The van der Waals surface area contributed by atoms with E-state index in [1.807, 2.05) is 37.3 Å². The first-order valence-electron chi connectivity index (χ1n) is 10.1. The predicted octanol–water partition coefficient (Wildman–Crippen LogP) is 1.15. The molecule has 0 fully saturated rings. The van der Waals surface area contributed by atoms with Gasteiger partial charge in [0.2, 0.25) is 5.91 Å². The Morgan fingerprint density at radius 2 is 1.94 bits per heavy atom. The van der Waals surface area contributed by atoms with E-state index in [2.05, 4.69) is 15.5 Å². The van der Waals surface area contributed by atoms with Crippen LogP contribution in [0.25, 0.3) is 11.2 Å². The number of carbonyl (C=O) groups is 1. The number of aromatic nitrogens is 4. The molecule has 2 heterocycles. The number of amides is 1. The molecule has 1 amide bonds. The molecule has 0 aliphatic heterocycles. The van der Waals surface area contributed by atoms with E-state index in [1.165, 1.54) is 11.6 Å². The van der Waals surface area contributed by atoms with Crippen molar-refractivity contribution in [2.24, 2.45) is 19.2 Å². The summed E-state index contributed by atoms with van der Waals surface area (Å²) in [6.07, 6.45) is 2.97. The highest BCUT2D eigenvalue weighted by Crippen LogP contribution is 2.19. The van der Waals surface area contributed by atoms with E-state index in [4.69, 9.17) is 4.74 Å². The number of rotatable bonds is 9. The zero-order valence-electron chi connectivity index (χ0n) is 17.9. The number of nitrogens with one attached hydrogen (secondary N) is 1. The van der Waals surface area contributed by atoms with Gasteiger partial charge in [0, 0.05) is 27.1 Å². The van der Waals surface area contributed by atoms with Gasteiger partial charge in [-0.05, 0) is 18.4 Å². The highest BCUT2D eigenvalue weighted by atomic mass is 16.5. The molecule has 0 spiro atoms. The number of imidazole rings is 1. The summed E-state index contributed by atoms with van der Waals surface area (Å²) < 4.78 is 9.68. The average molecular weight is 426 g/mol. The van der Waals surface area contributed by atoms with Crippen molar-refractivity contribution < 1.29 is 9.53 Å². The molecule has 3 aromatic rings. The van der Waals surface area contributed by atoms with E-state index in [1.54, 1.807) is 17.8 Å². The fourth-order valence-electron chi connectivity index (χ4n) is 3.11. The molecule has 0 atom stereocenters. The van der Waals surface area contributed by atoms with Gasteiger partial charge in [0.05, 0.1) is 12.8 Å². The largest absolute Gasteiger partial charge is 0.465 e. The first-order chi connectivity index (χ1) is 14.9. The third-order valence-electron chi connectivity index (χ3n) is 4.74. The second kappa shape index (κ2) is 9.88. The van der Waals surface area contributed by atoms with Crippen molar-refractivity contribution in [3.63, 3.8) is 0 Å². The summed E-state index contributed by atoms with van der Waals surface area (Å²) in [6, 6.07) is 9.70. The Balaban J connectivity index is 1.74. The zero-order valence-corrected chi connectivity index (χ0v) is 17.9. The Morgan fingerprint density at radius 3 is 2.65 bits per heavy atom. The standard InChI is InChI=1S/C21H26N6O4/c1-4-13-31-20-23-18-17(19(29)26(3)21(30)25(18)2)27(20)12-8-11-16(28)24-22-14-15-9-6-5-7-10-15/h5-7,9-10,14H,4,8,11-13H2,1-3H3,(H,24,28)/b22-14+. The van der Waals surface area contributed by atoms with Gasteiger partial charge in [0.15, 0.2) is 11.2 Å². The molecule has 164 valence electrons. The van der Waals surface area contributed by atoms with Crippen molar-refractivity contribution in [2.75, 3.05) is 6.61 Å². The van der Waals surface area contributed by atoms with Gasteiger partial charge in [0.1, 0.15) is 0 Å². The van der Waals surface area contributed by atoms with Gasteiger partial charge in [-0.25, -0.2) is 10.2 Å². The smallest absolute Gasteiger partial charge is 0.332 e. The van der Waals surface area contributed by atoms with Crippen LogP contribution < -0.4 is 21.4 Å². The van der Waals surface area contributed by atoms with E-state index < -0.39 is 11.2 Å². The lowest BCUT2D eigenvalue weighted by molar-refractivity contribution is -0.121. The van der Waals surface area contributed by atoms with Crippen LogP contribution in [-0.2, 0) is 25.4 Å². The Hall–Kier alpha value is -3.69. The number of benzene rings is 1.